The number of methoxy groups -OCH3 is 1. The summed E-state index contributed by atoms with van der Waals surface area (Å²) in [7, 11) is 1.43. The van der Waals surface area contributed by atoms with Crippen LogP contribution in [0.5, 0.6) is 5.75 Å². The van der Waals surface area contributed by atoms with Crippen LogP contribution in [0.2, 0.25) is 0 Å². The minimum atomic E-state index is -0.392. The third-order valence-electron chi connectivity index (χ3n) is 2.23. The van der Waals surface area contributed by atoms with Crippen LogP contribution in [0.3, 0.4) is 0 Å². The highest BCUT2D eigenvalue weighted by Crippen LogP contribution is 2.23. The van der Waals surface area contributed by atoms with Crippen molar-refractivity contribution >= 4 is 11.5 Å². The molecule has 0 radical (unpaired) electrons. The van der Waals surface area contributed by atoms with Crippen LogP contribution in [0, 0.1) is 12.7 Å². The monoisotopic (exact) mass is 233 g/mol. The minimum Gasteiger partial charge on any atom is -0.494 e. The molecule has 4 nitrogen and oxygen atoms in total. The van der Waals surface area contributed by atoms with Gasteiger partial charge in [0, 0.05) is 23.5 Å². The summed E-state index contributed by atoms with van der Waals surface area (Å²) in [6.07, 6.45) is 1.47. The topological polar surface area (TPSA) is 47.0 Å². The Balaban J connectivity index is 2.24. The van der Waals surface area contributed by atoms with Crippen LogP contribution in [-0.2, 0) is 0 Å². The zero-order valence-corrected chi connectivity index (χ0v) is 9.57. The fourth-order valence-electron chi connectivity index (χ4n) is 1.41. The second-order valence-corrected chi connectivity index (χ2v) is 3.52. The SMILES string of the molecule is COc1cc(Nc2cc(C)ncn2)ccc1F. The van der Waals surface area contributed by atoms with Crippen LogP contribution in [-0.4, -0.2) is 17.1 Å². The second-order valence-electron chi connectivity index (χ2n) is 3.52. The van der Waals surface area contributed by atoms with Gasteiger partial charge < -0.3 is 10.1 Å². The highest BCUT2D eigenvalue weighted by atomic mass is 19.1. The molecule has 0 aliphatic rings. The predicted octanol–water partition coefficient (Wildman–Crippen LogP) is 2.68. The molecular weight excluding hydrogens is 221 g/mol. The van der Waals surface area contributed by atoms with E-state index in [1.807, 2.05) is 6.92 Å². The predicted molar refractivity (Wildman–Crippen MR) is 63.0 cm³/mol. The van der Waals surface area contributed by atoms with E-state index < -0.39 is 5.82 Å². The smallest absolute Gasteiger partial charge is 0.165 e. The maximum Gasteiger partial charge on any atom is 0.165 e. The largest absolute Gasteiger partial charge is 0.494 e. The van der Waals surface area contributed by atoms with E-state index in [0.29, 0.717) is 11.5 Å². The molecule has 2 rings (SSSR count). The van der Waals surface area contributed by atoms with Crippen LogP contribution in [0.1, 0.15) is 5.69 Å². The summed E-state index contributed by atoms with van der Waals surface area (Å²) in [5.41, 5.74) is 1.57. The van der Waals surface area contributed by atoms with E-state index in [1.54, 1.807) is 18.2 Å². The Morgan fingerprint density at radius 1 is 1.24 bits per heavy atom. The lowest BCUT2D eigenvalue weighted by Crippen LogP contribution is -1.96. The average Bonchev–Trinajstić information content (AvgIpc) is 2.32. The molecule has 0 unspecified atom stereocenters. The van der Waals surface area contributed by atoms with Crippen molar-refractivity contribution in [3.8, 4) is 5.75 Å². The third-order valence-corrected chi connectivity index (χ3v) is 2.23. The van der Waals surface area contributed by atoms with E-state index in [1.165, 1.54) is 19.5 Å². The summed E-state index contributed by atoms with van der Waals surface area (Å²) in [6, 6.07) is 6.34. The standard InChI is InChI=1S/C12H12FN3O/c1-8-5-12(15-7-14-8)16-9-3-4-10(13)11(6-9)17-2/h3-7H,1-2H3,(H,14,15,16). The van der Waals surface area contributed by atoms with Crippen molar-refractivity contribution < 1.29 is 9.13 Å². The molecule has 0 fully saturated rings. The molecule has 0 atom stereocenters. The number of halogens is 1. The summed E-state index contributed by atoms with van der Waals surface area (Å²) in [5, 5.41) is 3.05. The van der Waals surface area contributed by atoms with Gasteiger partial charge in [-0.1, -0.05) is 0 Å². The fourth-order valence-corrected chi connectivity index (χ4v) is 1.41. The van der Waals surface area contributed by atoms with Gasteiger partial charge in [-0.25, -0.2) is 14.4 Å². The Kier molecular flexibility index (Phi) is 3.18. The molecular formula is C12H12FN3O. The maximum atomic E-state index is 13.2. The van der Waals surface area contributed by atoms with Crippen molar-refractivity contribution in [2.45, 2.75) is 6.92 Å². The van der Waals surface area contributed by atoms with Crippen molar-refractivity contribution in [3.63, 3.8) is 0 Å². The number of hydrogen-bond acceptors (Lipinski definition) is 4. The quantitative estimate of drug-likeness (QED) is 0.885. The van der Waals surface area contributed by atoms with Crippen LogP contribution >= 0.6 is 0 Å². The molecule has 1 heterocycles. The molecule has 0 aliphatic heterocycles. The van der Waals surface area contributed by atoms with Gasteiger partial charge in [-0.15, -0.1) is 0 Å². The number of ether oxygens (including phenoxy) is 1. The van der Waals surface area contributed by atoms with Crippen LogP contribution in [0.15, 0.2) is 30.6 Å². The molecule has 0 aliphatic carbocycles. The summed E-state index contributed by atoms with van der Waals surface area (Å²) in [4.78, 5) is 8.05. The Hall–Kier alpha value is -2.17. The van der Waals surface area contributed by atoms with E-state index >= 15 is 0 Å². The van der Waals surface area contributed by atoms with Crippen molar-refractivity contribution in [3.05, 3.63) is 42.1 Å². The molecule has 1 aromatic carbocycles. The van der Waals surface area contributed by atoms with Gasteiger partial charge >= 0.3 is 0 Å². The van der Waals surface area contributed by atoms with Gasteiger partial charge in [-0.2, -0.15) is 0 Å². The fraction of sp³-hybridized carbons (Fsp3) is 0.167. The summed E-state index contributed by atoms with van der Waals surface area (Å²) in [6.45, 7) is 1.87. The lowest BCUT2D eigenvalue weighted by molar-refractivity contribution is 0.387. The second kappa shape index (κ2) is 4.78. The van der Waals surface area contributed by atoms with E-state index in [2.05, 4.69) is 15.3 Å². The van der Waals surface area contributed by atoms with Crippen LogP contribution in [0.25, 0.3) is 0 Å². The van der Waals surface area contributed by atoms with Crippen LogP contribution in [0.4, 0.5) is 15.9 Å². The number of nitrogens with one attached hydrogen (secondary N) is 1. The minimum absolute atomic E-state index is 0.195. The van der Waals surface area contributed by atoms with Gasteiger partial charge in [0.15, 0.2) is 11.6 Å². The van der Waals surface area contributed by atoms with Crippen molar-refractivity contribution in [1.29, 1.82) is 0 Å². The van der Waals surface area contributed by atoms with E-state index in [4.69, 9.17) is 4.74 Å². The van der Waals surface area contributed by atoms with Gasteiger partial charge in [-0.05, 0) is 19.1 Å². The Morgan fingerprint density at radius 2 is 2.06 bits per heavy atom. The third kappa shape index (κ3) is 2.69. The van der Waals surface area contributed by atoms with Gasteiger partial charge in [0.2, 0.25) is 0 Å². The molecule has 0 saturated carbocycles. The Labute approximate surface area is 98.5 Å². The highest BCUT2D eigenvalue weighted by Gasteiger charge is 2.04. The number of hydrogen-bond donors (Lipinski definition) is 1. The summed E-state index contributed by atoms with van der Waals surface area (Å²) < 4.78 is 18.1. The van der Waals surface area contributed by atoms with Gasteiger partial charge in [0.1, 0.15) is 12.1 Å². The zero-order valence-electron chi connectivity index (χ0n) is 9.57. The number of aromatic nitrogens is 2. The van der Waals surface area contributed by atoms with E-state index in [9.17, 15) is 4.39 Å². The Bertz CT molecular complexity index is 531. The van der Waals surface area contributed by atoms with Crippen LogP contribution < -0.4 is 10.1 Å². The number of rotatable bonds is 3. The Morgan fingerprint density at radius 3 is 2.76 bits per heavy atom. The number of anilines is 2. The normalized spacial score (nSPS) is 10.1. The summed E-state index contributed by atoms with van der Waals surface area (Å²) >= 11 is 0. The van der Waals surface area contributed by atoms with Crippen molar-refractivity contribution in [1.82, 2.24) is 9.97 Å². The number of nitrogens with zero attached hydrogens (tertiary/aromatic N) is 2. The average molecular weight is 233 g/mol. The first-order chi connectivity index (χ1) is 8.19. The molecule has 0 saturated heterocycles. The first kappa shape index (κ1) is 11.3. The molecule has 0 amide bonds. The summed E-state index contributed by atoms with van der Waals surface area (Å²) in [5.74, 6) is 0.462. The zero-order chi connectivity index (χ0) is 12.3. The highest BCUT2D eigenvalue weighted by molar-refractivity contribution is 5.58. The molecule has 17 heavy (non-hydrogen) atoms. The van der Waals surface area contributed by atoms with Crippen molar-refractivity contribution in [2.75, 3.05) is 12.4 Å². The lowest BCUT2D eigenvalue weighted by atomic mass is 10.3. The van der Waals surface area contributed by atoms with E-state index in [0.717, 1.165) is 5.69 Å². The molecule has 0 spiro atoms. The first-order valence-corrected chi connectivity index (χ1v) is 5.08. The first-order valence-electron chi connectivity index (χ1n) is 5.08. The number of benzene rings is 1. The molecule has 0 bridgehead atoms. The molecule has 2 aromatic rings. The molecule has 1 N–H and O–H groups in total. The van der Waals surface area contributed by atoms with E-state index in [-0.39, 0.29) is 5.75 Å². The molecule has 5 heteroatoms. The maximum absolute atomic E-state index is 13.2. The lowest BCUT2D eigenvalue weighted by Gasteiger charge is -2.08. The number of aryl methyl sites for hydroxylation is 1. The van der Waals surface area contributed by atoms with Gasteiger partial charge in [0.25, 0.3) is 0 Å². The van der Waals surface area contributed by atoms with Crippen molar-refractivity contribution in [2.24, 2.45) is 0 Å². The molecule has 88 valence electrons. The van der Waals surface area contributed by atoms with Gasteiger partial charge in [-0.3, -0.25) is 0 Å². The van der Waals surface area contributed by atoms with Gasteiger partial charge in [0.05, 0.1) is 7.11 Å². The molecule has 1 aromatic heterocycles.